The van der Waals surface area contributed by atoms with E-state index < -0.39 is 5.97 Å². The Morgan fingerprint density at radius 2 is 1.76 bits per heavy atom. The number of carbonyl (C=O) groups is 1. The number of carboxylic acids is 1. The number of unbranched alkanes of at least 4 members (excludes halogenated alkanes) is 2. The van der Waals surface area contributed by atoms with Crippen molar-refractivity contribution in [2.75, 3.05) is 0 Å². The average molecular weight is 238 g/mol. The second-order valence-corrected chi connectivity index (χ2v) is 3.95. The fraction of sp³-hybridized carbons (Fsp3) is 0.500. The minimum Gasteiger partial charge on any atom is -0.478 e. The molecule has 0 rings (SSSR count). The van der Waals surface area contributed by atoms with Crippen LogP contribution in [0, 0.1) is 0 Å². The summed E-state index contributed by atoms with van der Waals surface area (Å²) >= 11 is 0. The third-order valence-corrected chi connectivity index (χ3v) is 2.15. The van der Waals surface area contributed by atoms with Crippen molar-refractivity contribution in [1.82, 2.24) is 0 Å². The van der Waals surface area contributed by atoms with Crippen molar-refractivity contribution in [3.05, 3.63) is 36.5 Å². The van der Waals surface area contributed by atoms with Crippen LogP contribution < -0.4 is 0 Å². The maximum absolute atomic E-state index is 10.1. The first-order valence-corrected chi connectivity index (χ1v) is 6.02. The number of aliphatic hydroxyl groups is 1. The summed E-state index contributed by atoms with van der Waals surface area (Å²) in [6.45, 7) is 1.79. The summed E-state index contributed by atoms with van der Waals surface area (Å²) in [5, 5.41) is 17.4. The first-order valence-electron chi connectivity index (χ1n) is 6.02. The van der Waals surface area contributed by atoms with Crippen molar-refractivity contribution < 1.29 is 15.0 Å². The van der Waals surface area contributed by atoms with Crippen molar-refractivity contribution in [3.8, 4) is 0 Å². The minimum absolute atomic E-state index is 0.219. The minimum atomic E-state index is -0.921. The molecule has 0 unspecified atom stereocenters. The summed E-state index contributed by atoms with van der Waals surface area (Å²) in [6.07, 6.45) is 15.1. The molecule has 0 aromatic carbocycles. The summed E-state index contributed by atoms with van der Waals surface area (Å²) in [5.41, 5.74) is 0. The Morgan fingerprint density at radius 3 is 2.41 bits per heavy atom. The van der Waals surface area contributed by atoms with E-state index >= 15 is 0 Å². The van der Waals surface area contributed by atoms with Gasteiger partial charge in [-0.15, -0.1) is 0 Å². The van der Waals surface area contributed by atoms with Crippen molar-refractivity contribution >= 4 is 5.97 Å². The second kappa shape index (κ2) is 11.1. The molecule has 0 aliphatic carbocycles. The molecule has 0 aromatic heterocycles. The molecule has 3 nitrogen and oxygen atoms in total. The third-order valence-electron chi connectivity index (χ3n) is 2.15. The van der Waals surface area contributed by atoms with Gasteiger partial charge in [0.2, 0.25) is 0 Å². The molecular formula is C14H22O3. The molecule has 1 atom stereocenters. The van der Waals surface area contributed by atoms with Crippen LogP contribution in [0.15, 0.2) is 36.5 Å². The van der Waals surface area contributed by atoms with Gasteiger partial charge in [-0.1, -0.05) is 30.4 Å². The molecule has 0 heterocycles. The predicted octanol–water partition coefficient (Wildman–Crippen LogP) is 3.07. The lowest BCUT2D eigenvalue weighted by molar-refractivity contribution is -0.131. The molecule has 3 heteroatoms. The number of hydrogen-bond donors (Lipinski definition) is 2. The first kappa shape index (κ1) is 15.7. The highest BCUT2D eigenvalue weighted by Gasteiger charge is 1.90. The first-order chi connectivity index (χ1) is 8.13. The number of carboxylic acid groups (broad SMARTS) is 1. The van der Waals surface area contributed by atoms with Crippen LogP contribution in [0.1, 0.15) is 39.0 Å². The van der Waals surface area contributed by atoms with Crippen LogP contribution >= 0.6 is 0 Å². The molecule has 0 radical (unpaired) electrons. The summed E-state index contributed by atoms with van der Waals surface area (Å²) in [6, 6.07) is 0. The number of aliphatic hydroxyl groups excluding tert-OH is 1. The molecule has 0 aliphatic heterocycles. The van der Waals surface area contributed by atoms with Crippen molar-refractivity contribution in [3.63, 3.8) is 0 Å². The van der Waals surface area contributed by atoms with Crippen LogP contribution in [0.2, 0.25) is 0 Å². The zero-order valence-electron chi connectivity index (χ0n) is 10.4. The molecule has 0 bridgehead atoms. The van der Waals surface area contributed by atoms with E-state index in [0.717, 1.165) is 38.2 Å². The Labute approximate surface area is 103 Å². The lowest BCUT2D eigenvalue weighted by Gasteiger charge is -1.98. The fourth-order valence-corrected chi connectivity index (χ4v) is 1.24. The van der Waals surface area contributed by atoms with Gasteiger partial charge in [0.1, 0.15) is 0 Å². The van der Waals surface area contributed by atoms with E-state index in [4.69, 9.17) is 10.2 Å². The lowest BCUT2D eigenvalue weighted by atomic mass is 10.1. The molecular weight excluding hydrogens is 216 g/mol. The van der Waals surface area contributed by atoms with Crippen LogP contribution in [0.5, 0.6) is 0 Å². The van der Waals surface area contributed by atoms with Crippen LogP contribution in [-0.2, 0) is 4.79 Å². The fourth-order valence-electron chi connectivity index (χ4n) is 1.24. The Morgan fingerprint density at radius 1 is 1.12 bits per heavy atom. The Bertz CT molecular complexity index is 275. The van der Waals surface area contributed by atoms with Crippen LogP contribution in [0.25, 0.3) is 0 Å². The molecule has 0 amide bonds. The van der Waals surface area contributed by atoms with Crippen molar-refractivity contribution in [2.45, 2.75) is 45.1 Å². The van der Waals surface area contributed by atoms with Gasteiger partial charge in [0.05, 0.1) is 6.10 Å². The van der Waals surface area contributed by atoms with Gasteiger partial charge >= 0.3 is 5.97 Å². The highest BCUT2D eigenvalue weighted by Crippen LogP contribution is 2.01. The highest BCUT2D eigenvalue weighted by atomic mass is 16.4. The van der Waals surface area contributed by atoms with Gasteiger partial charge in [-0.2, -0.15) is 0 Å². The highest BCUT2D eigenvalue weighted by molar-refractivity contribution is 5.80. The van der Waals surface area contributed by atoms with E-state index in [1.165, 1.54) is 6.08 Å². The summed E-state index contributed by atoms with van der Waals surface area (Å²) < 4.78 is 0. The van der Waals surface area contributed by atoms with E-state index in [9.17, 15) is 4.79 Å². The molecule has 2 N–H and O–H groups in total. The van der Waals surface area contributed by atoms with Gasteiger partial charge in [-0.25, -0.2) is 4.79 Å². The predicted molar refractivity (Wildman–Crippen MR) is 69.8 cm³/mol. The standard InChI is InChI=1S/C14H22O3/c1-13(15)11-9-7-5-3-2-4-6-8-10-12-14(16)17/h5-8,10,12-13,15H,2-4,9,11H2,1H3,(H,16,17)/b7-5+,8-6+,12-10+/t13-/m0/s1. The molecule has 96 valence electrons. The monoisotopic (exact) mass is 238 g/mol. The normalized spacial score (nSPS) is 14.0. The van der Waals surface area contributed by atoms with Gasteiger partial charge < -0.3 is 10.2 Å². The average Bonchev–Trinajstić information content (AvgIpc) is 2.25. The summed E-state index contributed by atoms with van der Waals surface area (Å²) in [7, 11) is 0. The zero-order valence-corrected chi connectivity index (χ0v) is 10.4. The van der Waals surface area contributed by atoms with Gasteiger partial charge in [0.15, 0.2) is 0 Å². The van der Waals surface area contributed by atoms with E-state index in [1.54, 1.807) is 13.0 Å². The molecule has 0 saturated carbocycles. The maximum atomic E-state index is 10.1. The van der Waals surface area contributed by atoms with Crippen molar-refractivity contribution in [2.24, 2.45) is 0 Å². The van der Waals surface area contributed by atoms with E-state index in [2.05, 4.69) is 12.2 Å². The summed E-state index contributed by atoms with van der Waals surface area (Å²) in [4.78, 5) is 10.1. The molecule has 0 aromatic rings. The van der Waals surface area contributed by atoms with Gasteiger partial charge in [-0.05, 0) is 39.0 Å². The Kier molecular flexibility index (Phi) is 10.3. The second-order valence-electron chi connectivity index (χ2n) is 3.95. The lowest BCUT2D eigenvalue weighted by Crippen LogP contribution is -1.96. The van der Waals surface area contributed by atoms with Crippen LogP contribution in [0.3, 0.4) is 0 Å². The van der Waals surface area contributed by atoms with Gasteiger partial charge in [0, 0.05) is 6.08 Å². The zero-order chi connectivity index (χ0) is 12.9. The number of rotatable bonds is 9. The molecule has 0 fully saturated rings. The van der Waals surface area contributed by atoms with E-state index in [0.29, 0.717) is 0 Å². The SMILES string of the molecule is C[C@H](O)CC/C=C/CCC/C=C/C=C/C(=O)O. The van der Waals surface area contributed by atoms with Crippen LogP contribution in [0.4, 0.5) is 0 Å². The van der Waals surface area contributed by atoms with Crippen LogP contribution in [-0.4, -0.2) is 22.3 Å². The topological polar surface area (TPSA) is 57.5 Å². The Balaban J connectivity index is 3.37. The molecule has 17 heavy (non-hydrogen) atoms. The number of aliphatic carboxylic acids is 1. The van der Waals surface area contributed by atoms with Gasteiger partial charge in [0.25, 0.3) is 0 Å². The third kappa shape index (κ3) is 14.7. The maximum Gasteiger partial charge on any atom is 0.328 e. The smallest absolute Gasteiger partial charge is 0.328 e. The quantitative estimate of drug-likeness (QED) is 0.281. The number of hydrogen-bond acceptors (Lipinski definition) is 2. The summed E-state index contributed by atoms with van der Waals surface area (Å²) in [5.74, 6) is -0.921. The molecule has 0 aliphatic rings. The van der Waals surface area contributed by atoms with Crippen molar-refractivity contribution in [1.29, 1.82) is 0 Å². The largest absolute Gasteiger partial charge is 0.478 e. The molecule has 0 spiro atoms. The van der Waals surface area contributed by atoms with E-state index in [-0.39, 0.29) is 6.10 Å². The molecule has 0 saturated heterocycles. The van der Waals surface area contributed by atoms with E-state index in [1.807, 2.05) is 6.08 Å². The van der Waals surface area contributed by atoms with Gasteiger partial charge in [-0.3, -0.25) is 0 Å². The number of allylic oxidation sites excluding steroid dienone is 5. The Hall–Kier alpha value is -1.35.